The van der Waals surface area contributed by atoms with Crippen molar-refractivity contribution in [3.05, 3.63) is 60.7 Å². The van der Waals surface area contributed by atoms with Crippen molar-refractivity contribution in [2.45, 2.75) is 78.1 Å². The van der Waals surface area contributed by atoms with Gasteiger partial charge < -0.3 is 5.73 Å². The van der Waals surface area contributed by atoms with Gasteiger partial charge in [-0.05, 0) is 48.3 Å². The maximum atomic E-state index is 5.72. The van der Waals surface area contributed by atoms with E-state index in [2.05, 4.69) is 77.3 Å². The maximum absolute atomic E-state index is 5.72. The molecular formula is C26H43N. The summed E-state index contributed by atoms with van der Waals surface area (Å²) < 4.78 is 0. The number of hydrogen-bond acceptors (Lipinski definition) is 1. The van der Waals surface area contributed by atoms with E-state index in [9.17, 15) is 0 Å². The molecule has 0 aliphatic rings. The third-order valence-electron chi connectivity index (χ3n) is 6.59. The van der Waals surface area contributed by atoms with Crippen molar-refractivity contribution >= 4 is 0 Å². The van der Waals surface area contributed by atoms with Gasteiger partial charge in [-0.15, -0.1) is 13.2 Å². The fourth-order valence-electron chi connectivity index (χ4n) is 4.82. The van der Waals surface area contributed by atoms with Crippen LogP contribution in [0.15, 0.2) is 49.6 Å². The van der Waals surface area contributed by atoms with Crippen molar-refractivity contribution in [3.8, 4) is 0 Å². The average molecular weight is 370 g/mol. The molecule has 152 valence electrons. The highest BCUT2D eigenvalue weighted by atomic mass is 14.5. The summed E-state index contributed by atoms with van der Waals surface area (Å²) in [5, 5.41) is 0. The van der Waals surface area contributed by atoms with Crippen LogP contribution in [-0.4, -0.2) is 6.54 Å². The van der Waals surface area contributed by atoms with E-state index in [-0.39, 0.29) is 5.41 Å². The number of nitrogens with two attached hydrogens (primary N) is 1. The molecule has 0 amide bonds. The Morgan fingerprint density at radius 1 is 1.04 bits per heavy atom. The van der Waals surface area contributed by atoms with Crippen molar-refractivity contribution < 1.29 is 0 Å². The van der Waals surface area contributed by atoms with Gasteiger partial charge in [-0.1, -0.05) is 96.2 Å². The molecule has 0 aliphatic carbocycles. The summed E-state index contributed by atoms with van der Waals surface area (Å²) in [6.45, 7) is 18.6. The smallest absolute Gasteiger partial charge is 0.0192 e. The first-order valence-electron chi connectivity index (χ1n) is 11.0. The molecule has 0 bridgehead atoms. The lowest BCUT2D eigenvalue weighted by molar-refractivity contribution is 0.162. The molecule has 4 unspecified atom stereocenters. The molecule has 1 heteroatoms. The molecule has 0 spiro atoms. The van der Waals surface area contributed by atoms with E-state index < -0.39 is 0 Å². The number of unbranched alkanes of at least 4 members (excludes halogenated alkanes) is 1. The Kier molecular flexibility index (Phi) is 10.7. The van der Waals surface area contributed by atoms with Gasteiger partial charge in [0.25, 0.3) is 0 Å². The van der Waals surface area contributed by atoms with Crippen molar-refractivity contribution in [2.75, 3.05) is 6.54 Å². The summed E-state index contributed by atoms with van der Waals surface area (Å²) in [4.78, 5) is 0. The Labute approximate surface area is 169 Å². The zero-order chi connectivity index (χ0) is 20.3. The molecule has 1 rings (SSSR count). The van der Waals surface area contributed by atoms with E-state index in [1.807, 2.05) is 0 Å². The van der Waals surface area contributed by atoms with Crippen LogP contribution in [0.1, 0.15) is 77.3 Å². The molecular weight excluding hydrogens is 326 g/mol. The number of hydrogen-bond donors (Lipinski definition) is 1. The van der Waals surface area contributed by atoms with Gasteiger partial charge in [-0.3, -0.25) is 0 Å². The van der Waals surface area contributed by atoms with Gasteiger partial charge >= 0.3 is 0 Å². The van der Waals surface area contributed by atoms with Crippen molar-refractivity contribution in [3.63, 3.8) is 0 Å². The van der Waals surface area contributed by atoms with Crippen molar-refractivity contribution in [2.24, 2.45) is 23.5 Å². The van der Waals surface area contributed by atoms with Crippen LogP contribution in [0.25, 0.3) is 0 Å². The van der Waals surface area contributed by atoms with Gasteiger partial charge in [-0.2, -0.15) is 0 Å². The van der Waals surface area contributed by atoms with Gasteiger partial charge in [0, 0.05) is 5.41 Å². The Morgan fingerprint density at radius 2 is 1.70 bits per heavy atom. The third kappa shape index (κ3) is 6.07. The average Bonchev–Trinajstić information content (AvgIpc) is 2.69. The molecule has 2 N–H and O–H groups in total. The molecule has 1 aromatic carbocycles. The van der Waals surface area contributed by atoms with Crippen molar-refractivity contribution in [1.82, 2.24) is 0 Å². The van der Waals surface area contributed by atoms with E-state index in [0.29, 0.717) is 18.4 Å². The Hall–Kier alpha value is -1.34. The summed E-state index contributed by atoms with van der Waals surface area (Å²) >= 11 is 0. The SMILES string of the molecule is C=CCC(C=C)(c1ccc(CCN)cc1)C(C)C(CCC)C(C)CCCC. The largest absolute Gasteiger partial charge is 0.330 e. The maximum Gasteiger partial charge on any atom is 0.0192 e. The molecule has 0 radical (unpaired) electrons. The van der Waals surface area contributed by atoms with Crippen LogP contribution in [0, 0.1) is 17.8 Å². The van der Waals surface area contributed by atoms with Crippen LogP contribution in [0.3, 0.4) is 0 Å². The minimum Gasteiger partial charge on any atom is -0.330 e. The fourth-order valence-corrected chi connectivity index (χ4v) is 4.82. The Bertz CT molecular complexity index is 544. The van der Waals surface area contributed by atoms with Crippen LogP contribution < -0.4 is 5.73 Å². The number of allylic oxidation sites excluding steroid dienone is 2. The molecule has 0 aliphatic heterocycles. The van der Waals surface area contributed by atoms with E-state index in [1.165, 1.54) is 43.2 Å². The first-order valence-corrected chi connectivity index (χ1v) is 11.0. The topological polar surface area (TPSA) is 26.0 Å². The molecule has 27 heavy (non-hydrogen) atoms. The standard InChI is InChI=1S/C26H43N/c1-7-11-13-21(5)25(12-8-2)22(6)26(10-4,19-9-3)24-16-14-23(15-17-24)18-20-27/h9-10,14-17,21-22,25H,3-4,7-8,11-13,18-20,27H2,1-2,5-6H3. The van der Waals surface area contributed by atoms with Gasteiger partial charge in [0.2, 0.25) is 0 Å². The van der Waals surface area contributed by atoms with Gasteiger partial charge in [-0.25, -0.2) is 0 Å². The summed E-state index contributed by atoms with van der Waals surface area (Å²) in [6, 6.07) is 9.08. The molecule has 0 aromatic heterocycles. The highest BCUT2D eigenvalue weighted by molar-refractivity contribution is 5.35. The number of benzene rings is 1. The van der Waals surface area contributed by atoms with E-state index in [1.54, 1.807) is 0 Å². The summed E-state index contributed by atoms with van der Waals surface area (Å²) in [6.07, 6.45) is 12.6. The monoisotopic (exact) mass is 369 g/mol. The van der Waals surface area contributed by atoms with E-state index in [4.69, 9.17) is 5.73 Å². The third-order valence-corrected chi connectivity index (χ3v) is 6.59. The van der Waals surface area contributed by atoms with Crippen LogP contribution in [0.4, 0.5) is 0 Å². The quantitative estimate of drug-likeness (QED) is 0.349. The first kappa shape index (κ1) is 23.7. The normalized spacial score (nSPS) is 16.9. The second kappa shape index (κ2) is 12.2. The highest BCUT2D eigenvalue weighted by Gasteiger charge is 2.39. The molecule has 0 saturated carbocycles. The minimum absolute atomic E-state index is 0.0523. The van der Waals surface area contributed by atoms with Gasteiger partial charge in [0.1, 0.15) is 0 Å². The molecule has 0 heterocycles. The molecule has 4 atom stereocenters. The minimum atomic E-state index is -0.0523. The number of rotatable bonds is 14. The van der Waals surface area contributed by atoms with Crippen LogP contribution in [-0.2, 0) is 11.8 Å². The summed E-state index contributed by atoms with van der Waals surface area (Å²) in [5.41, 5.74) is 8.35. The van der Waals surface area contributed by atoms with Gasteiger partial charge in [0.15, 0.2) is 0 Å². The van der Waals surface area contributed by atoms with E-state index in [0.717, 1.165) is 18.8 Å². The fraction of sp³-hybridized carbons (Fsp3) is 0.615. The highest BCUT2D eigenvalue weighted by Crippen LogP contribution is 2.45. The molecule has 1 aromatic rings. The predicted octanol–water partition coefficient (Wildman–Crippen LogP) is 7.07. The lowest BCUT2D eigenvalue weighted by atomic mass is 9.61. The molecule has 0 saturated heterocycles. The lowest BCUT2D eigenvalue weighted by Gasteiger charge is -2.43. The van der Waals surface area contributed by atoms with Gasteiger partial charge in [0.05, 0.1) is 0 Å². The molecule has 1 nitrogen and oxygen atoms in total. The lowest BCUT2D eigenvalue weighted by Crippen LogP contribution is -2.38. The second-order valence-electron chi connectivity index (χ2n) is 8.33. The van der Waals surface area contributed by atoms with Crippen LogP contribution in [0.2, 0.25) is 0 Å². The van der Waals surface area contributed by atoms with Crippen LogP contribution >= 0.6 is 0 Å². The molecule has 0 fully saturated rings. The Balaban J connectivity index is 3.27. The zero-order valence-electron chi connectivity index (χ0n) is 18.3. The predicted molar refractivity (Wildman–Crippen MR) is 122 cm³/mol. The zero-order valence-corrected chi connectivity index (χ0v) is 18.3. The summed E-state index contributed by atoms with van der Waals surface area (Å²) in [7, 11) is 0. The van der Waals surface area contributed by atoms with Crippen LogP contribution in [0.5, 0.6) is 0 Å². The Morgan fingerprint density at radius 3 is 2.19 bits per heavy atom. The van der Waals surface area contributed by atoms with Crippen molar-refractivity contribution in [1.29, 1.82) is 0 Å². The summed E-state index contributed by atoms with van der Waals surface area (Å²) in [5.74, 6) is 1.96. The second-order valence-corrected chi connectivity index (χ2v) is 8.33. The van der Waals surface area contributed by atoms with E-state index >= 15 is 0 Å². The first-order chi connectivity index (χ1) is 13.0.